The van der Waals surface area contributed by atoms with E-state index < -0.39 is 7.82 Å². The molecule has 0 saturated carbocycles. The number of para-hydroxylation sites is 1. The highest BCUT2D eigenvalue weighted by Gasteiger charge is 2.00. The van der Waals surface area contributed by atoms with Gasteiger partial charge in [0, 0.05) is 6.07 Å². The quantitative estimate of drug-likeness (QED) is 0.406. The molecule has 0 amide bonds. The summed E-state index contributed by atoms with van der Waals surface area (Å²) in [5.74, 6) is 0.498. The molecular formula is C12H15O7P. The molecule has 0 atom stereocenters. The lowest BCUT2D eigenvalue weighted by Crippen LogP contribution is -1.66. The third-order valence-electron chi connectivity index (χ3n) is 1.59. The highest BCUT2D eigenvalue weighted by molar-refractivity contribution is 7.45. The summed E-state index contributed by atoms with van der Waals surface area (Å²) >= 11 is 0. The predicted molar refractivity (Wildman–Crippen MR) is 72.1 cm³/mol. The highest BCUT2D eigenvalue weighted by Crippen LogP contribution is 2.25. The van der Waals surface area contributed by atoms with E-state index in [1.807, 2.05) is 6.07 Å². The van der Waals surface area contributed by atoms with Gasteiger partial charge in [-0.1, -0.05) is 24.3 Å². The number of phenols is 3. The van der Waals surface area contributed by atoms with Gasteiger partial charge in [-0.05, 0) is 24.3 Å². The van der Waals surface area contributed by atoms with Gasteiger partial charge in [0.25, 0.3) is 0 Å². The summed E-state index contributed by atoms with van der Waals surface area (Å²) in [5, 5.41) is 25.9. The zero-order valence-corrected chi connectivity index (χ0v) is 11.1. The summed E-state index contributed by atoms with van der Waals surface area (Å²) in [5.41, 5.74) is 0. The van der Waals surface area contributed by atoms with Crippen molar-refractivity contribution in [2.24, 2.45) is 0 Å². The standard InChI is InChI=1S/C6H6O2.C6H6O.H3O4P/c7-5-2-1-3-6(8)4-5;7-6-4-2-1-3-5-6;1-5(2,3)4/h1-4,7-8H;1-5,7H;(H3,1,2,3,4). The Morgan fingerprint density at radius 2 is 1.00 bits per heavy atom. The molecule has 0 saturated heterocycles. The van der Waals surface area contributed by atoms with Crippen molar-refractivity contribution in [3.8, 4) is 17.2 Å². The first kappa shape index (κ1) is 17.9. The number of phosphoric acid groups is 1. The fraction of sp³-hybridized carbons (Fsp3) is 0. The molecule has 2 aromatic carbocycles. The molecule has 2 aromatic rings. The largest absolute Gasteiger partial charge is 0.508 e. The predicted octanol–water partition coefficient (Wildman–Crippen LogP) is 1.56. The van der Waals surface area contributed by atoms with Gasteiger partial charge in [-0.3, -0.25) is 0 Å². The van der Waals surface area contributed by atoms with Gasteiger partial charge >= 0.3 is 7.82 Å². The lowest BCUT2D eigenvalue weighted by Gasteiger charge is -1.89. The maximum absolute atomic E-state index is 8.88. The molecule has 0 aromatic heterocycles. The second kappa shape index (κ2) is 8.95. The Morgan fingerprint density at radius 1 is 0.650 bits per heavy atom. The molecule has 7 nitrogen and oxygen atoms in total. The lowest BCUT2D eigenvalue weighted by atomic mass is 10.3. The van der Waals surface area contributed by atoms with E-state index in [1.165, 1.54) is 18.2 Å². The zero-order chi connectivity index (χ0) is 15.6. The van der Waals surface area contributed by atoms with Crippen molar-refractivity contribution >= 4 is 7.82 Å². The summed E-state index contributed by atoms with van der Waals surface area (Å²) in [7, 11) is -4.64. The highest BCUT2D eigenvalue weighted by atomic mass is 31.2. The van der Waals surface area contributed by atoms with Crippen LogP contribution in [0.4, 0.5) is 0 Å². The third kappa shape index (κ3) is 14.0. The lowest BCUT2D eigenvalue weighted by molar-refractivity contribution is 0.275. The van der Waals surface area contributed by atoms with Gasteiger partial charge in [-0.2, -0.15) is 0 Å². The van der Waals surface area contributed by atoms with E-state index in [4.69, 9.17) is 34.6 Å². The molecule has 0 aliphatic carbocycles. The monoisotopic (exact) mass is 302 g/mol. The second-order valence-electron chi connectivity index (χ2n) is 3.37. The van der Waals surface area contributed by atoms with Crippen LogP contribution in [0, 0.1) is 0 Å². The topological polar surface area (TPSA) is 138 Å². The fourth-order valence-corrected chi connectivity index (χ4v) is 0.921. The minimum absolute atomic E-state index is 0.0880. The zero-order valence-electron chi connectivity index (χ0n) is 10.2. The van der Waals surface area contributed by atoms with Crippen LogP contribution in [0.3, 0.4) is 0 Å². The summed E-state index contributed by atoms with van der Waals surface area (Å²) < 4.78 is 8.88. The Bertz CT molecular complexity index is 513. The van der Waals surface area contributed by atoms with E-state index in [9.17, 15) is 0 Å². The molecule has 0 unspecified atom stereocenters. The minimum atomic E-state index is -4.64. The molecule has 2 rings (SSSR count). The number of phenolic OH excluding ortho intramolecular Hbond substituents is 3. The van der Waals surface area contributed by atoms with Crippen LogP contribution >= 0.6 is 7.82 Å². The van der Waals surface area contributed by atoms with Gasteiger partial charge < -0.3 is 30.0 Å². The average molecular weight is 302 g/mol. The van der Waals surface area contributed by atoms with E-state index in [2.05, 4.69) is 0 Å². The van der Waals surface area contributed by atoms with Crippen LogP contribution in [0.5, 0.6) is 17.2 Å². The normalized spacial score (nSPS) is 9.55. The molecule has 0 radical (unpaired) electrons. The van der Waals surface area contributed by atoms with Crippen molar-refractivity contribution < 1.29 is 34.6 Å². The van der Waals surface area contributed by atoms with Gasteiger partial charge in [0.05, 0.1) is 0 Å². The molecule has 20 heavy (non-hydrogen) atoms. The van der Waals surface area contributed by atoms with E-state index >= 15 is 0 Å². The molecule has 8 heteroatoms. The molecular weight excluding hydrogens is 287 g/mol. The van der Waals surface area contributed by atoms with Gasteiger partial charge in [-0.15, -0.1) is 0 Å². The van der Waals surface area contributed by atoms with Crippen LogP contribution in [-0.4, -0.2) is 30.0 Å². The number of rotatable bonds is 0. The number of benzene rings is 2. The Morgan fingerprint density at radius 3 is 1.20 bits per heavy atom. The number of hydrogen-bond acceptors (Lipinski definition) is 4. The number of hydrogen-bond donors (Lipinski definition) is 6. The Balaban J connectivity index is 0.000000280. The van der Waals surface area contributed by atoms with Gasteiger partial charge in [0.2, 0.25) is 0 Å². The first-order chi connectivity index (χ1) is 9.18. The Labute approximate surface area is 115 Å². The van der Waals surface area contributed by atoms with E-state index in [0.29, 0.717) is 5.75 Å². The molecule has 6 N–H and O–H groups in total. The Hall–Kier alpha value is -2.05. The molecule has 0 heterocycles. The van der Waals surface area contributed by atoms with Crippen LogP contribution in [0.25, 0.3) is 0 Å². The third-order valence-corrected chi connectivity index (χ3v) is 1.59. The van der Waals surface area contributed by atoms with Gasteiger partial charge in [0.1, 0.15) is 17.2 Å². The summed E-state index contributed by atoms with van der Waals surface area (Å²) in [6.45, 7) is 0. The molecule has 0 aliphatic heterocycles. The van der Waals surface area contributed by atoms with E-state index in [0.717, 1.165) is 0 Å². The minimum Gasteiger partial charge on any atom is -0.508 e. The van der Waals surface area contributed by atoms with Crippen LogP contribution in [0.2, 0.25) is 0 Å². The molecule has 0 spiro atoms. The van der Waals surface area contributed by atoms with Crippen LogP contribution in [-0.2, 0) is 4.57 Å². The van der Waals surface area contributed by atoms with Crippen molar-refractivity contribution in [3.63, 3.8) is 0 Å². The van der Waals surface area contributed by atoms with Gasteiger partial charge in [-0.25, -0.2) is 4.57 Å². The molecule has 110 valence electrons. The van der Waals surface area contributed by atoms with Crippen LogP contribution < -0.4 is 0 Å². The molecule has 0 fully saturated rings. The molecule has 0 bridgehead atoms. The number of aromatic hydroxyl groups is 3. The van der Waals surface area contributed by atoms with Crippen molar-refractivity contribution in [2.75, 3.05) is 0 Å². The average Bonchev–Trinajstić information content (AvgIpc) is 2.28. The Kier molecular flexibility index (Phi) is 8.03. The van der Waals surface area contributed by atoms with Crippen molar-refractivity contribution in [1.82, 2.24) is 0 Å². The fourth-order valence-electron chi connectivity index (χ4n) is 0.921. The van der Waals surface area contributed by atoms with E-state index in [1.54, 1.807) is 30.3 Å². The van der Waals surface area contributed by atoms with E-state index in [-0.39, 0.29) is 11.5 Å². The van der Waals surface area contributed by atoms with Crippen LogP contribution in [0.15, 0.2) is 54.6 Å². The second-order valence-corrected chi connectivity index (χ2v) is 4.40. The van der Waals surface area contributed by atoms with Crippen molar-refractivity contribution in [3.05, 3.63) is 54.6 Å². The SMILES string of the molecule is O=P(O)(O)O.Oc1cccc(O)c1.Oc1ccccc1. The summed E-state index contributed by atoms with van der Waals surface area (Å²) in [4.78, 5) is 21.6. The summed E-state index contributed by atoms with van der Waals surface area (Å²) in [6, 6.07) is 14.6. The maximum Gasteiger partial charge on any atom is 0.466 e. The first-order valence-corrected chi connectivity index (χ1v) is 6.75. The van der Waals surface area contributed by atoms with Crippen molar-refractivity contribution in [2.45, 2.75) is 0 Å². The smallest absolute Gasteiger partial charge is 0.466 e. The maximum atomic E-state index is 8.88. The van der Waals surface area contributed by atoms with Gasteiger partial charge in [0.15, 0.2) is 0 Å². The van der Waals surface area contributed by atoms with Crippen LogP contribution in [0.1, 0.15) is 0 Å². The van der Waals surface area contributed by atoms with Crippen molar-refractivity contribution in [1.29, 1.82) is 0 Å². The summed E-state index contributed by atoms with van der Waals surface area (Å²) in [6.07, 6.45) is 0. The first-order valence-electron chi connectivity index (χ1n) is 5.19. The molecule has 0 aliphatic rings.